The maximum atomic E-state index is 14.0. The zero-order chi connectivity index (χ0) is 24.2. The Kier molecular flexibility index (Phi) is 11.8. The van der Waals surface area contributed by atoms with Gasteiger partial charge in [-0.25, -0.2) is 4.39 Å². The van der Waals surface area contributed by atoms with E-state index in [0.29, 0.717) is 32.1 Å². The molecule has 1 aromatic rings. The molecular formula is C28H45FN2O3. The summed E-state index contributed by atoms with van der Waals surface area (Å²) in [5.41, 5.74) is 0.863. The predicted molar refractivity (Wildman–Crippen MR) is 134 cm³/mol. The minimum absolute atomic E-state index is 0.170. The number of piperidine rings is 1. The lowest BCUT2D eigenvalue weighted by Crippen LogP contribution is -2.43. The number of nitrogens with one attached hydrogen (secondary N) is 1. The van der Waals surface area contributed by atoms with Gasteiger partial charge in [0.25, 0.3) is 0 Å². The van der Waals surface area contributed by atoms with Crippen LogP contribution in [0.1, 0.15) is 75.9 Å². The van der Waals surface area contributed by atoms with Crippen LogP contribution in [-0.2, 0) is 14.3 Å². The molecule has 1 saturated heterocycles. The molecule has 2 fully saturated rings. The SMILES string of the molecule is CNC[C@@H](CC(=O)N1CCC[C@@H]([C@@H](OCCCOC)c2cccc(F)c2)C1)CC1CCCCC1. The number of methoxy groups -OCH3 is 1. The summed E-state index contributed by atoms with van der Waals surface area (Å²) in [6.07, 6.45) is 11.0. The van der Waals surface area contributed by atoms with Gasteiger partial charge in [0.1, 0.15) is 5.82 Å². The number of carbonyl (C=O) groups is 1. The van der Waals surface area contributed by atoms with Gasteiger partial charge in [0.15, 0.2) is 0 Å². The van der Waals surface area contributed by atoms with Crippen LogP contribution in [0.15, 0.2) is 24.3 Å². The molecule has 1 aliphatic heterocycles. The molecule has 0 spiro atoms. The fourth-order valence-corrected chi connectivity index (χ4v) is 5.88. The summed E-state index contributed by atoms with van der Waals surface area (Å²) in [6.45, 7) is 3.59. The van der Waals surface area contributed by atoms with Gasteiger partial charge in [0.05, 0.1) is 6.10 Å². The van der Waals surface area contributed by atoms with Crippen molar-refractivity contribution < 1.29 is 18.7 Å². The van der Waals surface area contributed by atoms with Crippen molar-refractivity contribution in [2.45, 2.75) is 70.3 Å². The summed E-state index contributed by atoms with van der Waals surface area (Å²) in [7, 11) is 3.67. The standard InChI is InChI=1S/C28H45FN2O3/c1-30-20-23(17-22-9-4-3-5-10-22)18-27(32)31-14-7-12-25(21-31)28(34-16-8-15-33-2)24-11-6-13-26(29)19-24/h6,11,13,19,22-23,25,28,30H,3-5,7-10,12,14-18,20-21H2,1-2H3/t23-,25-,28+/m1/s1. The van der Waals surface area contributed by atoms with E-state index in [1.165, 1.54) is 38.2 Å². The molecule has 2 aliphatic rings. The van der Waals surface area contributed by atoms with Crippen LogP contribution in [-0.4, -0.2) is 57.8 Å². The van der Waals surface area contributed by atoms with Gasteiger partial charge in [-0.2, -0.15) is 0 Å². The number of carbonyl (C=O) groups excluding carboxylic acids is 1. The fourth-order valence-electron chi connectivity index (χ4n) is 5.88. The molecule has 1 amide bonds. The Morgan fingerprint density at radius 2 is 2.00 bits per heavy atom. The van der Waals surface area contributed by atoms with Crippen molar-refractivity contribution in [2.75, 3.05) is 47.0 Å². The van der Waals surface area contributed by atoms with Crippen molar-refractivity contribution in [1.29, 1.82) is 0 Å². The van der Waals surface area contributed by atoms with Crippen LogP contribution in [0.4, 0.5) is 4.39 Å². The number of likely N-dealkylation sites (tertiary alicyclic amines) is 1. The van der Waals surface area contributed by atoms with E-state index in [4.69, 9.17) is 9.47 Å². The summed E-state index contributed by atoms with van der Waals surface area (Å²) in [4.78, 5) is 15.4. The first-order valence-corrected chi connectivity index (χ1v) is 13.4. The van der Waals surface area contributed by atoms with Gasteiger partial charge in [0.2, 0.25) is 5.91 Å². The smallest absolute Gasteiger partial charge is 0.222 e. The van der Waals surface area contributed by atoms with Gasteiger partial charge in [0, 0.05) is 45.8 Å². The van der Waals surface area contributed by atoms with E-state index in [2.05, 4.69) is 5.32 Å². The highest BCUT2D eigenvalue weighted by Gasteiger charge is 2.32. The minimum atomic E-state index is -0.246. The minimum Gasteiger partial charge on any atom is -0.385 e. The third-order valence-electron chi connectivity index (χ3n) is 7.55. The first-order valence-electron chi connectivity index (χ1n) is 13.4. The van der Waals surface area contributed by atoms with E-state index in [1.54, 1.807) is 19.2 Å². The molecule has 1 heterocycles. The average molecular weight is 477 g/mol. The Balaban J connectivity index is 1.62. The third kappa shape index (κ3) is 8.62. The molecule has 34 heavy (non-hydrogen) atoms. The molecule has 5 nitrogen and oxygen atoms in total. The van der Waals surface area contributed by atoms with Gasteiger partial charge in [-0.1, -0.05) is 44.2 Å². The lowest BCUT2D eigenvalue weighted by atomic mass is 9.81. The molecular weight excluding hydrogens is 431 g/mol. The van der Waals surface area contributed by atoms with Crippen LogP contribution in [0.3, 0.4) is 0 Å². The largest absolute Gasteiger partial charge is 0.385 e. The predicted octanol–water partition coefficient (Wildman–Crippen LogP) is 5.35. The molecule has 1 aromatic carbocycles. The highest BCUT2D eigenvalue weighted by molar-refractivity contribution is 5.76. The Morgan fingerprint density at radius 1 is 1.18 bits per heavy atom. The molecule has 0 bridgehead atoms. The normalized spacial score (nSPS) is 21.4. The summed E-state index contributed by atoms with van der Waals surface area (Å²) < 4.78 is 25.4. The number of nitrogens with zero attached hydrogens (tertiary/aromatic N) is 1. The second-order valence-electron chi connectivity index (χ2n) is 10.3. The van der Waals surface area contributed by atoms with Crippen LogP contribution >= 0.6 is 0 Å². The molecule has 192 valence electrons. The van der Waals surface area contributed by atoms with E-state index in [1.807, 2.05) is 18.0 Å². The summed E-state index contributed by atoms with van der Waals surface area (Å²) in [6, 6.07) is 6.73. The molecule has 1 aliphatic carbocycles. The maximum absolute atomic E-state index is 14.0. The molecule has 0 radical (unpaired) electrons. The van der Waals surface area contributed by atoms with Crippen molar-refractivity contribution in [3.63, 3.8) is 0 Å². The molecule has 3 rings (SSSR count). The maximum Gasteiger partial charge on any atom is 0.222 e. The highest BCUT2D eigenvalue weighted by Crippen LogP contribution is 2.35. The monoisotopic (exact) mass is 476 g/mol. The van der Waals surface area contributed by atoms with E-state index >= 15 is 0 Å². The average Bonchev–Trinajstić information content (AvgIpc) is 2.85. The fraction of sp³-hybridized carbons (Fsp3) is 0.750. The van der Waals surface area contributed by atoms with Crippen LogP contribution in [0.5, 0.6) is 0 Å². The Hall–Kier alpha value is -1.50. The summed E-state index contributed by atoms with van der Waals surface area (Å²) in [5, 5.41) is 3.32. The van der Waals surface area contributed by atoms with Crippen molar-refractivity contribution in [2.24, 2.45) is 17.8 Å². The lowest BCUT2D eigenvalue weighted by molar-refractivity contribution is -0.135. The second kappa shape index (κ2) is 14.8. The van der Waals surface area contributed by atoms with Crippen molar-refractivity contribution in [1.82, 2.24) is 10.2 Å². The van der Waals surface area contributed by atoms with Crippen molar-refractivity contribution in [3.05, 3.63) is 35.6 Å². The zero-order valence-corrected chi connectivity index (χ0v) is 21.3. The third-order valence-corrected chi connectivity index (χ3v) is 7.55. The number of halogens is 1. The van der Waals surface area contributed by atoms with E-state index in [9.17, 15) is 9.18 Å². The molecule has 1 saturated carbocycles. The first kappa shape index (κ1) is 27.1. The number of hydrogen-bond acceptors (Lipinski definition) is 4. The van der Waals surface area contributed by atoms with Crippen LogP contribution < -0.4 is 5.32 Å². The van der Waals surface area contributed by atoms with E-state index in [-0.39, 0.29) is 23.7 Å². The second-order valence-corrected chi connectivity index (χ2v) is 10.3. The first-order chi connectivity index (χ1) is 16.6. The van der Waals surface area contributed by atoms with Gasteiger partial charge in [-0.15, -0.1) is 0 Å². The number of benzene rings is 1. The van der Waals surface area contributed by atoms with E-state index < -0.39 is 0 Å². The van der Waals surface area contributed by atoms with Crippen LogP contribution in [0, 0.1) is 23.6 Å². The lowest BCUT2D eigenvalue weighted by Gasteiger charge is -2.38. The Labute approximate surface area is 205 Å². The van der Waals surface area contributed by atoms with Gasteiger partial charge >= 0.3 is 0 Å². The van der Waals surface area contributed by atoms with Crippen LogP contribution in [0.2, 0.25) is 0 Å². The summed E-state index contributed by atoms with van der Waals surface area (Å²) in [5.74, 6) is 1.35. The number of hydrogen-bond donors (Lipinski definition) is 1. The van der Waals surface area contributed by atoms with Gasteiger partial charge < -0.3 is 19.7 Å². The quantitative estimate of drug-likeness (QED) is 0.390. The van der Waals surface area contributed by atoms with Gasteiger partial charge in [-0.05, 0) is 68.8 Å². The number of ether oxygens (including phenoxy) is 2. The molecule has 1 N–H and O–H groups in total. The molecule has 6 heteroatoms. The van der Waals surface area contributed by atoms with Crippen molar-refractivity contribution in [3.8, 4) is 0 Å². The Bertz CT molecular complexity index is 725. The zero-order valence-electron chi connectivity index (χ0n) is 21.3. The topological polar surface area (TPSA) is 50.8 Å². The molecule has 0 unspecified atom stereocenters. The highest BCUT2D eigenvalue weighted by atomic mass is 19.1. The van der Waals surface area contributed by atoms with Gasteiger partial charge in [-0.3, -0.25) is 4.79 Å². The summed E-state index contributed by atoms with van der Waals surface area (Å²) >= 11 is 0. The molecule has 3 atom stereocenters. The van der Waals surface area contributed by atoms with Crippen molar-refractivity contribution >= 4 is 5.91 Å². The Morgan fingerprint density at radius 3 is 2.74 bits per heavy atom. The number of rotatable bonds is 13. The van der Waals surface area contributed by atoms with Crippen LogP contribution in [0.25, 0.3) is 0 Å². The number of amides is 1. The van der Waals surface area contributed by atoms with E-state index in [0.717, 1.165) is 50.3 Å². The molecule has 0 aromatic heterocycles.